The predicted octanol–water partition coefficient (Wildman–Crippen LogP) is 7.10. The summed E-state index contributed by atoms with van der Waals surface area (Å²) in [6.07, 6.45) is 13.2. The Morgan fingerprint density at radius 2 is 1.25 bits per heavy atom. The standard InChI is InChI=1S/C20H29N3O3.C20H31N3O3/c1-20(2,3)26-19(25)23-16-7-5-4-6-9-22-18(24)15-12-14(15)13-8-10-21-17(16)11-13;1-20(2,3)26-19(25)23-16-9-5-4-6-12-22-18(24)10-7-8-15-11-13-21-17(16)14-15/h8,10-11,14-16H,4-7,9,12H2,1-3H3,(H,22,24)(H,23,25);11,13-14,16H,4-10,12H2,1-3H3,(H,22,24)(H,23,25)/t14-,15-,16+;16-/m10/s1. The fourth-order valence-electron chi connectivity index (χ4n) is 6.48. The normalized spacial score (nSPS) is 23.0. The van der Waals surface area contributed by atoms with Crippen LogP contribution in [0.2, 0.25) is 0 Å². The quantitative estimate of drug-likeness (QED) is 0.256. The molecule has 12 nitrogen and oxygen atoms in total. The van der Waals surface area contributed by atoms with Gasteiger partial charge in [0.2, 0.25) is 11.8 Å². The number of aromatic nitrogens is 2. The maximum Gasteiger partial charge on any atom is 0.408 e. The molecule has 2 aromatic rings. The molecule has 0 saturated heterocycles. The molecule has 286 valence electrons. The van der Waals surface area contributed by atoms with Gasteiger partial charge in [0.25, 0.3) is 0 Å². The van der Waals surface area contributed by atoms with Crippen molar-refractivity contribution in [1.82, 2.24) is 31.2 Å². The SMILES string of the molecule is CC(C)(C)OC(=O)N[C@H]1CCCCCNC(=O)CCCc2ccnc1c2.CC(C)(C)OC(=O)N[C@H]1CCCCCNC(=O)[C@@H]2C[C@@H]2c2ccnc1c2. The van der Waals surface area contributed by atoms with E-state index in [-0.39, 0.29) is 35.7 Å². The molecule has 4 atom stereocenters. The van der Waals surface area contributed by atoms with Crippen LogP contribution in [0.3, 0.4) is 0 Å². The number of pyridine rings is 2. The van der Waals surface area contributed by atoms with E-state index in [1.165, 1.54) is 0 Å². The number of nitrogens with one attached hydrogen (secondary N) is 4. The number of fused-ring (bicyclic) bond motifs is 6. The molecule has 4 bridgehead atoms. The number of carbonyl (C=O) groups excluding carboxylic acids is 4. The minimum atomic E-state index is -0.532. The fourth-order valence-corrected chi connectivity index (χ4v) is 6.48. The molecule has 12 heteroatoms. The van der Waals surface area contributed by atoms with Crippen LogP contribution in [0.25, 0.3) is 0 Å². The second-order valence-corrected chi connectivity index (χ2v) is 16.1. The van der Waals surface area contributed by atoms with Crippen LogP contribution >= 0.6 is 0 Å². The predicted molar refractivity (Wildman–Crippen MR) is 199 cm³/mol. The van der Waals surface area contributed by atoms with E-state index >= 15 is 0 Å². The third-order valence-electron chi connectivity index (χ3n) is 9.13. The van der Waals surface area contributed by atoms with E-state index in [9.17, 15) is 19.2 Å². The van der Waals surface area contributed by atoms with Gasteiger partial charge in [-0.25, -0.2) is 9.59 Å². The zero-order valence-corrected chi connectivity index (χ0v) is 32.0. The Balaban J connectivity index is 0.000000233. The van der Waals surface area contributed by atoms with Gasteiger partial charge in [0.05, 0.1) is 23.5 Å². The Bertz CT molecular complexity index is 1500. The van der Waals surface area contributed by atoms with Gasteiger partial charge >= 0.3 is 12.2 Å². The molecular formula is C40H60N6O6. The molecule has 0 aromatic carbocycles. The van der Waals surface area contributed by atoms with Gasteiger partial charge < -0.3 is 30.7 Å². The molecule has 4 N–H and O–H groups in total. The van der Waals surface area contributed by atoms with Crippen LogP contribution in [-0.2, 0) is 25.5 Å². The number of hydrogen-bond donors (Lipinski definition) is 4. The lowest BCUT2D eigenvalue weighted by Crippen LogP contribution is -2.35. The maximum atomic E-state index is 12.3. The van der Waals surface area contributed by atoms with Gasteiger partial charge in [-0.15, -0.1) is 0 Å². The number of nitrogens with zero attached hydrogens (tertiary/aromatic N) is 2. The van der Waals surface area contributed by atoms with Crippen molar-refractivity contribution in [2.75, 3.05) is 13.1 Å². The molecule has 4 amide bonds. The molecule has 2 aromatic heterocycles. The van der Waals surface area contributed by atoms with Crippen molar-refractivity contribution < 1.29 is 28.7 Å². The molecule has 52 heavy (non-hydrogen) atoms. The van der Waals surface area contributed by atoms with Crippen LogP contribution in [0.5, 0.6) is 0 Å². The number of amides is 4. The molecule has 5 rings (SSSR count). The Labute approximate surface area is 309 Å². The molecule has 2 aliphatic heterocycles. The summed E-state index contributed by atoms with van der Waals surface area (Å²) in [5.74, 6) is 0.625. The van der Waals surface area contributed by atoms with Crippen LogP contribution in [0.4, 0.5) is 9.59 Å². The average molecular weight is 721 g/mol. The van der Waals surface area contributed by atoms with Crippen molar-refractivity contribution >= 4 is 24.0 Å². The molecule has 0 spiro atoms. The van der Waals surface area contributed by atoms with E-state index in [2.05, 4.69) is 31.2 Å². The van der Waals surface area contributed by atoms with Crippen LogP contribution in [-0.4, -0.2) is 58.3 Å². The van der Waals surface area contributed by atoms with Gasteiger partial charge in [0, 0.05) is 37.8 Å². The number of rotatable bonds is 2. The summed E-state index contributed by atoms with van der Waals surface area (Å²) in [6.45, 7) is 12.6. The van der Waals surface area contributed by atoms with Crippen LogP contribution in [0, 0.1) is 5.92 Å². The van der Waals surface area contributed by atoms with Gasteiger partial charge in [-0.3, -0.25) is 19.6 Å². The zero-order chi connectivity index (χ0) is 37.7. The van der Waals surface area contributed by atoms with E-state index in [0.29, 0.717) is 13.0 Å². The summed E-state index contributed by atoms with van der Waals surface area (Å²) in [5.41, 5.74) is 2.91. The third kappa shape index (κ3) is 14.4. The molecular weight excluding hydrogens is 660 g/mol. The molecule has 0 unspecified atom stereocenters. The Morgan fingerprint density at radius 3 is 1.85 bits per heavy atom. The average Bonchev–Trinajstić information content (AvgIpc) is 3.86. The van der Waals surface area contributed by atoms with Gasteiger partial charge in [-0.1, -0.05) is 25.7 Å². The number of ether oxygens (including phenoxy) is 2. The Kier molecular flexibility index (Phi) is 14.8. The highest BCUT2D eigenvalue weighted by atomic mass is 16.6. The molecule has 4 heterocycles. The third-order valence-corrected chi connectivity index (χ3v) is 9.13. The first-order valence-electron chi connectivity index (χ1n) is 19.1. The summed E-state index contributed by atoms with van der Waals surface area (Å²) >= 11 is 0. The number of aryl methyl sites for hydroxylation is 1. The molecule has 1 fully saturated rings. The van der Waals surface area contributed by atoms with Crippen molar-refractivity contribution in [3.05, 3.63) is 59.2 Å². The number of hydrogen-bond acceptors (Lipinski definition) is 8. The second-order valence-electron chi connectivity index (χ2n) is 16.1. The Morgan fingerprint density at radius 1 is 0.692 bits per heavy atom. The summed E-state index contributed by atoms with van der Waals surface area (Å²) in [4.78, 5) is 57.4. The van der Waals surface area contributed by atoms with Gasteiger partial charge in [0.15, 0.2) is 0 Å². The second kappa shape index (κ2) is 19.0. The smallest absolute Gasteiger partial charge is 0.408 e. The number of alkyl carbamates (subject to hydrolysis) is 2. The number of carbonyl (C=O) groups is 4. The molecule has 0 radical (unpaired) electrons. The molecule has 1 saturated carbocycles. The van der Waals surface area contributed by atoms with E-state index in [1.807, 2.05) is 65.8 Å². The summed E-state index contributed by atoms with van der Waals surface area (Å²) in [7, 11) is 0. The van der Waals surface area contributed by atoms with Crippen molar-refractivity contribution in [3.63, 3.8) is 0 Å². The highest BCUT2D eigenvalue weighted by Crippen LogP contribution is 2.48. The monoisotopic (exact) mass is 720 g/mol. The largest absolute Gasteiger partial charge is 0.444 e. The van der Waals surface area contributed by atoms with Gasteiger partial charge in [-0.2, -0.15) is 0 Å². The minimum absolute atomic E-state index is 0.0725. The lowest BCUT2D eigenvalue weighted by molar-refractivity contribution is -0.122. The van der Waals surface area contributed by atoms with Gasteiger partial charge in [0.1, 0.15) is 11.2 Å². The first-order valence-corrected chi connectivity index (χ1v) is 19.1. The van der Waals surface area contributed by atoms with E-state index in [0.717, 1.165) is 99.7 Å². The highest BCUT2D eigenvalue weighted by Gasteiger charge is 2.44. The molecule has 1 aliphatic carbocycles. The van der Waals surface area contributed by atoms with Gasteiger partial charge in [-0.05, 0) is 128 Å². The van der Waals surface area contributed by atoms with Crippen molar-refractivity contribution in [3.8, 4) is 0 Å². The first kappa shape index (κ1) is 40.5. The van der Waals surface area contributed by atoms with Crippen molar-refractivity contribution in [2.24, 2.45) is 5.92 Å². The highest BCUT2D eigenvalue weighted by molar-refractivity contribution is 5.82. The first-order chi connectivity index (χ1) is 24.7. The zero-order valence-electron chi connectivity index (χ0n) is 32.0. The van der Waals surface area contributed by atoms with Crippen LogP contribution in [0.15, 0.2) is 36.7 Å². The van der Waals surface area contributed by atoms with Crippen LogP contribution in [0.1, 0.15) is 153 Å². The fraction of sp³-hybridized carbons (Fsp3) is 0.650. The summed E-state index contributed by atoms with van der Waals surface area (Å²) < 4.78 is 10.8. The summed E-state index contributed by atoms with van der Waals surface area (Å²) in [6, 6.07) is 7.68. The lowest BCUT2D eigenvalue weighted by Gasteiger charge is -2.24. The van der Waals surface area contributed by atoms with Crippen molar-refractivity contribution in [2.45, 2.75) is 148 Å². The van der Waals surface area contributed by atoms with E-state index in [1.54, 1.807) is 12.4 Å². The van der Waals surface area contributed by atoms with Crippen LogP contribution < -0.4 is 21.3 Å². The van der Waals surface area contributed by atoms with E-state index in [4.69, 9.17) is 9.47 Å². The van der Waals surface area contributed by atoms with Crippen molar-refractivity contribution in [1.29, 1.82) is 0 Å². The van der Waals surface area contributed by atoms with E-state index < -0.39 is 23.4 Å². The maximum absolute atomic E-state index is 12.3. The summed E-state index contributed by atoms with van der Waals surface area (Å²) in [5, 5.41) is 12.0. The lowest BCUT2D eigenvalue weighted by atomic mass is 10.0. The topological polar surface area (TPSA) is 161 Å². The Hall–Kier alpha value is -4.22. The molecule has 3 aliphatic rings. The minimum Gasteiger partial charge on any atom is -0.444 e.